The van der Waals surface area contributed by atoms with E-state index in [9.17, 15) is 24.3 Å². The van der Waals surface area contributed by atoms with Crippen LogP contribution in [0.25, 0.3) is 10.4 Å². The second-order valence-corrected chi connectivity index (χ2v) is 17.8. The molecule has 3 aromatic rings. The first-order valence-corrected chi connectivity index (χ1v) is 20.8. The number of aliphatic hydroxyl groups is 1. The number of nitrogens with two attached hydrogens (primary N) is 2. The summed E-state index contributed by atoms with van der Waals surface area (Å²) < 4.78 is 5.90. The molecule has 15 heteroatoms. The molecule has 1 aliphatic carbocycles. The van der Waals surface area contributed by atoms with Crippen LogP contribution < -0.4 is 26.8 Å². The molecule has 2 aromatic carbocycles. The molecule has 1 saturated heterocycles. The first-order chi connectivity index (χ1) is 26.5. The van der Waals surface area contributed by atoms with E-state index in [2.05, 4.69) is 15.6 Å². The molecule has 0 radical (unpaired) electrons. The zero-order chi connectivity index (χ0) is 40.7. The molecule has 5 atom stereocenters. The molecule has 2 aliphatic rings. The summed E-state index contributed by atoms with van der Waals surface area (Å²) in [6, 6.07) is 11.3. The molecular formula is C42H58Cl2N6O6S. The molecule has 3 unspecified atom stereocenters. The average molecular weight is 846 g/mol. The van der Waals surface area contributed by atoms with Gasteiger partial charge in [-0.3, -0.25) is 19.2 Å². The van der Waals surface area contributed by atoms with E-state index in [0.29, 0.717) is 17.2 Å². The summed E-state index contributed by atoms with van der Waals surface area (Å²) in [6.07, 6.45) is 3.48. The lowest BCUT2D eigenvalue weighted by molar-refractivity contribution is -0.144. The third-order valence-corrected chi connectivity index (χ3v) is 12.4. The molecule has 1 aromatic heterocycles. The molecule has 7 N–H and O–H groups in total. The lowest BCUT2D eigenvalue weighted by Gasteiger charge is -2.36. The van der Waals surface area contributed by atoms with E-state index in [1.165, 1.54) is 4.90 Å². The molecule has 4 amide bonds. The number of halogens is 2. The number of aryl methyl sites for hydroxylation is 1. The van der Waals surface area contributed by atoms with Crippen LogP contribution in [0.3, 0.4) is 0 Å². The Morgan fingerprint density at radius 2 is 1.75 bits per heavy atom. The van der Waals surface area contributed by atoms with Gasteiger partial charge in [0, 0.05) is 31.8 Å². The predicted octanol–water partition coefficient (Wildman–Crippen LogP) is 6.20. The van der Waals surface area contributed by atoms with Crippen LogP contribution in [-0.2, 0) is 19.2 Å². The Morgan fingerprint density at radius 1 is 1.07 bits per heavy atom. The van der Waals surface area contributed by atoms with Gasteiger partial charge in [0.25, 0.3) is 0 Å². The van der Waals surface area contributed by atoms with Crippen molar-refractivity contribution in [2.24, 2.45) is 22.8 Å². The highest BCUT2D eigenvalue weighted by Gasteiger charge is 2.45. The number of benzene rings is 2. The Morgan fingerprint density at radius 3 is 2.37 bits per heavy atom. The van der Waals surface area contributed by atoms with Crippen molar-refractivity contribution in [1.82, 2.24) is 20.5 Å². The number of likely N-dealkylation sites (tertiary alicyclic amines) is 1. The first-order valence-electron chi connectivity index (χ1n) is 19.6. The van der Waals surface area contributed by atoms with Crippen molar-refractivity contribution in [2.75, 3.05) is 13.2 Å². The predicted molar refractivity (Wildman–Crippen MR) is 226 cm³/mol. The smallest absolute Gasteiger partial charge is 0.246 e. The van der Waals surface area contributed by atoms with Gasteiger partial charge in [0.2, 0.25) is 23.6 Å². The minimum atomic E-state index is -0.891. The SMILES string of the molecule is Cc1ncsc1-c1ccc(C(C)NC(=O)[C@@H]2C[C@@H](O)CN2C(=O)C(NC(=O)CC2CCC(c3cccc(OCC(N)CCC(N)=O)c3Cl)CC2)C(C)(C)C)cc1.Cl. The number of amides is 4. The maximum Gasteiger partial charge on any atom is 0.246 e. The van der Waals surface area contributed by atoms with E-state index < -0.39 is 29.5 Å². The van der Waals surface area contributed by atoms with Gasteiger partial charge in [-0.2, -0.15) is 0 Å². The lowest BCUT2D eigenvalue weighted by Crippen LogP contribution is -2.58. The van der Waals surface area contributed by atoms with Crippen molar-refractivity contribution in [3.05, 3.63) is 69.8 Å². The van der Waals surface area contributed by atoms with Crippen LogP contribution in [0.15, 0.2) is 48.0 Å². The summed E-state index contributed by atoms with van der Waals surface area (Å²) in [5, 5.41) is 17.3. The number of carbonyl (C=O) groups excluding carboxylic acids is 4. The van der Waals surface area contributed by atoms with Gasteiger partial charge in [0.15, 0.2) is 0 Å². The number of rotatable bonds is 15. The minimum absolute atomic E-state index is 0. The largest absolute Gasteiger partial charge is 0.490 e. The molecule has 312 valence electrons. The number of nitrogens with one attached hydrogen (secondary N) is 2. The van der Waals surface area contributed by atoms with Crippen LogP contribution in [0.1, 0.15) is 108 Å². The average Bonchev–Trinajstić information content (AvgIpc) is 3.77. The van der Waals surface area contributed by atoms with Gasteiger partial charge < -0.3 is 36.8 Å². The molecular weight excluding hydrogens is 787 g/mol. The van der Waals surface area contributed by atoms with Gasteiger partial charge in [-0.1, -0.05) is 68.8 Å². The molecule has 0 bridgehead atoms. The zero-order valence-corrected chi connectivity index (χ0v) is 35.9. The highest BCUT2D eigenvalue weighted by atomic mass is 35.5. The second-order valence-electron chi connectivity index (χ2n) is 16.5. The number of nitrogens with zero attached hydrogens (tertiary/aromatic N) is 2. The van der Waals surface area contributed by atoms with E-state index in [4.69, 9.17) is 27.8 Å². The molecule has 2 heterocycles. The fourth-order valence-corrected chi connectivity index (χ4v) is 8.88. The minimum Gasteiger partial charge on any atom is -0.490 e. The van der Waals surface area contributed by atoms with Crippen LogP contribution in [0.2, 0.25) is 5.02 Å². The maximum atomic E-state index is 14.2. The van der Waals surface area contributed by atoms with Gasteiger partial charge in [-0.05, 0) is 86.0 Å². The van der Waals surface area contributed by atoms with E-state index >= 15 is 0 Å². The Hall–Kier alpha value is -3.75. The molecule has 1 aliphatic heterocycles. The number of aromatic nitrogens is 1. The number of hydrogen-bond acceptors (Lipinski definition) is 9. The van der Waals surface area contributed by atoms with Gasteiger partial charge in [-0.15, -0.1) is 23.7 Å². The van der Waals surface area contributed by atoms with Crippen molar-refractivity contribution in [3.63, 3.8) is 0 Å². The number of β-amino-alcohol motifs (C(OH)–C–C–N with tert-alkyl or cyclic N) is 1. The Balaban J connectivity index is 0.00000720. The first kappa shape index (κ1) is 45.9. The standard InChI is InChI=1S/C42H57ClN6O6S.ClH/c1-24(27-13-15-29(16-14-27)38-25(2)46-23-56-38)47-40(53)33-20-31(50)21-49(33)41(54)39(42(3,4)5)48-36(52)19-26-9-11-28(12-10-26)32-7-6-8-34(37(32)43)55-22-30(44)17-18-35(45)51;/h6-8,13-16,23-24,26,28,30-31,33,39,50H,9-12,17-22,44H2,1-5H3,(H2,45,51)(H,47,53)(H,48,52);1H/t24?,26?,28?,30?,31-,33+,39?;/m1./s1. The van der Waals surface area contributed by atoms with Crippen molar-refractivity contribution < 1.29 is 29.0 Å². The summed E-state index contributed by atoms with van der Waals surface area (Å²) >= 11 is 8.37. The summed E-state index contributed by atoms with van der Waals surface area (Å²) in [5.74, 6) is -0.453. The number of thiazole rings is 1. The Bertz CT molecular complexity index is 1840. The second kappa shape index (κ2) is 20.3. The summed E-state index contributed by atoms with van der Waals surface area (Å²) in [6.45, 7) is 9.75. The third kappa shape index (κ3) is 12.1. The Labute approximate surface area is 351 Å². The van der Waals surface area contributed by atoms with E-state index in [-0.39, 0.29) is 86.5 Å². The molecule has 0 spiro atoms. The lowest BCUT2D eigenvalue weighted by atomic mass is 9.77. The summed E-state index contributed by atoms with van der Waals surface area (Å²) in [5.41, 5.74) is 16.4. The summed E-state index contributed by atoms with van der Waals surface area (Å²) in [7, 11) is 0. The molecule has 57 heavy (non-hydrogen) atoms. The van der Waals surface area contributed by atoms with Crippen LogP contribution in [-0.4, -0.2) is 76.0 Å². The van der Waals surface area contributed by atoms with Gasteiger partial charge >= 0.3 is 0 Å². The number of ether oxygens (including phenoxy) is 1. The maximum absolute atomic E-state index is 14.2. The monoisotopic (exact) mass is 844 g/mol. The number of aliphatic hydroxyl groups excluding tert-OH is 1. The molecule has 1 saturated carbocycles. The van der Waals surface area contributed by atoms with Crippen molar-refractivity contribution in [1.29, 1.82) is 0 Å². The van der Waals surface area contributed by atoms with Crippen LogP contribution in [0, 0.1) is 18.3 Å². The molecule has 5 rings (SSSR count). The number of hydrogen-bond donors (Lipinski definition) is 5. The molecule has 12 nitrogen and oxygen atoms in total. The highest BCUT2D eigenvalue weighted by molar-refractivity contribution is 7.13. The third-order valence-electron chi connectivity index (χ3n) is 11.0. The van der Waals surface area contributed by atoms with Crippen molar-refractivity contribution in [3.8, 4) is 16.2 Å². The van der Waals surface area contributed by atoms with Gasteiger partial charge in [0.05, 0.1) is 33.3 Å². The van der Waals surface area contributed by atoms with E-state index in [1.807, 2.05) is 76.5 Å². The van der Waals surface area contributed by atoms with Crippen LogP contribution in [0.4, 0.5) is 0 Å². The highest BCUT2D eigenvalue weighted by Crippen LogP contribution is 2.42. The quantitative estimate of drug-likeness (QED) is 0.120. The van der Waals surface area contributed by atoms with Crippen LogP contribution in [0.5, 0.6) is 5.75 Å². The zero-order valence-electron chi connectivity index (χ0n) is 33.5. The number of primary amides is 1. The summed E-state index contributed by atoms with van der Waals surface area (Å²) in [4.78, 5) is 59.4. The van der Waals surface area contributed by atoms with Crippen LogP contribution >= 0.6 is 35.3 Å². The fraction of sp³-hybridized carbons (Fsp3) is 0.548. The number of carbonyl (C=O) groups is 4. The van der Waals surface area contributed by atoms with Crippen molar-refractivity contribution in [2.45, 2.75) is 122 Å². The van der Waals surface area contributed by atoms with Gasteiger partial charge in [0.1, 0.15) is 24.4 Å². The van der Waals surface area contributed by atoms with E-state index in [1.54, 1.807) is 17.4 Å². The van der Waals surface area contributed by atoms with Gasteiger partial charge in [-0.25, -0.2) is 4.98 Å². The van der Waals surface area contributed by atoms with E-state index in [0.717, 1.165) is 52.9 Å². The topological polar surface area (TPSA) is 190 Å². The molecule has 2 fully saturated rings. The normalized spacial score (nSPS) is 21.2. The fourth-order valence-electron chi connectivity index (χ4n) is 7.74. The van der Waals surface area contributed by atoms with Crippen molar-refractivity contribution >= 4 is 59.0 Å². The Kier molecular flexibility index (Phi) is 16.4.